The fourth-order valence-electron chi connectivity index (χ4n) is 2.22. The lowest BCUT2D eigenvalue weighted by Crippen LogP contribution is -2.33. The Balaban J connectivity index is 2.77. The van der Waals surface area contributed by atoms with Crippen molar-refractivity contribution in [2.45, 2.75) is 47.5 Å². The Labute approximate surface area is 87.6 Å². The monoisotopic (exact) mass is 194 g/mol. The van der Waals surface area contributed by atoms with Crippen LogP contribution in [0.15, 0.2) is 11.6 Å². The van der Waals surface area contributed by atoms with E-state index in [0.29, 0.717) is 11.7 Å². The SMILES string of the molecule is CC1=C[C@@H](C)C(C(=O)C(C)(C)C)CC1. The Kier molecular flexibility index (Phi) is 3.18. The van der Waals surface area contributed by atoms with Crippen LogP contribution < -0.4 is 0 Å². The van der Waals surface area contributed by atoms with Gasteiger partial charge in [-0.1, -0.05) is 39.3 Å². The fraction of sp³-hybridized carbons (Fsp3) is 0.769. The average molecular weight is 194 g/mol. The Bertz CT molecular complexity index is 255. The second-order valence-corrected chi connectivity index (χ2v) is 5.63. The van der Waals surface area contributed by atoms with E-state index < -0.39 is 0 Å². The number of ketones is 1. The van der Waals surface area contributed by atoms with Crippen LogP contribution in [0.2, 0.25) is 0 Å². The molecule has 2 atom stereocenters. The number of hydrogen-bond acceptors (Lipinski definition) is 1. The van der Waals surface area contributed by atoms with Crippen LogP contribution in [0, 0.1) is 17.3 Å². The second kappa shape index (κ2) is 3.88. The lowest BCUT2D eigenvalue weighted by molar-refractivity contribution is -0.131. The zero-order chi connectivity index (χ0) is 10.9. The Morgan fingerprint density at radius 3 is 2.43 bits per heavy atom. The first-order valence-corrected chi connectivity index (χ1v) is 5.54. The number of Topliss-reactive ketones (excluding diaryl/α,β-unsaturated/α-hetero) is 1. The molecule has 1 nitrogen and oxygen atoms in total. The first-order valence-electron chi connectivity index (χ1n) is 5.54. The molecule has 0 bridgehead atoms. The van der Waals surface area contributed by atoms with E-state index in [-0.39, 0.29) is 11.3 Å². The first-order chi connectivity index (χ1) is 6.32. The molecule has 0 saturated heterocycles. The molecule has 0 spiro atoms. The summed E-state index contributed by atoms with van der Waals surface area (Å²) < 4.78 is 0. The van der Waals surface area contributed by atoms with Gasteiger partial charge in [0.25, 0.3) is 0 Å². The van der Waals surface area contributed by atoms with Crippen LogP contribution in [-0.4, -0.2) is 5.78 Å². The summed E-state index contributed by atoms with van der Waals surface area (Å²) in [5.74, 6) is 1.10. The Morgan fingerprint density at radius 2 is 2.00 bits per heavy atom. The van der Waals surface area contributed by atoms with Crippen molar-refractivity contribution in [2.75, 3.05) is 0 Å². The van der Waals surface area contributed by atoms with Crippen LogP contribution in [0.3, 0.4) is 0 Å². The highest BCUT2D eigenvalue weighted by Crippen LogP contribution is 2.34. The highest BCUT2D eigenvalue weighted by atomic mass is 16.1. The van der Waals surface area contributed by atoms with Gasteiger partial charge in [-0.05, 0) is 25.7 Å². The number of hydrogen-bond donors (Lipinski definition) is 0. The van der Waals surface area contributed by atoms with Gasteiger partial charge in [-0.25, -0.2) is 0 Å². The largest absolute Gasteiger partial charge is 0.299 e. The summed E-state index contributed by atoms with van der Waals surface area (Å²) in [7, 11) is 0. The van der Waals surface area contributed by atoms with Crippen LogP contribution >= 0.6 is 0 Å². The maximum Gasteiger partial charge on any atom is 0.141 e. The van der Waals surface area contributed by atoms with E-state index in [9.17, 15) is 4.79 Å². The molecule has 14 heavy (non-hydrogen) atoms. The van der Waals surface area contributed by atoms with Crippen molar-refractivity contribution in [3.05, 3.63) is 11.6 Å². The van der Waals surface area contributed by atoms with Gasteiger partial charge in [0.2, 0.25) is 0 Å². The minimum Gasteiger partial charge on any atom is -0.299 e. The predicted octanol–water partition coefficient (Wildman–Crippen LogP) is 3.59. The van der Waals surface area contributed by atoms with Crippen molar-refractivity contribution in [2.24, 2.45) is 17.3 Å². The highest BCUT2D eigenvalue weighted by Gasteiger charge is 2.33. The van der Waals surface area contributed by atoms with Gasteiger partial charge in [-0.3, -0.25) is 4.79 Å². The third kappa shape index (κ3) is 2.46. The predicted molar refractivity (Wildman–Crippen MR) is 60.1 cm³/mol. The third-order valence-electron chi connectivity index (χ3n) is 3.11. The van der Waals surface area contributed by atoms with Crippen LogP contribution in [0.25, 0.3) is 0 Å². The molecule has 80 valence electrons. The van der Waals surface area contributed by atoms with Crippen molar-refractivity contribution in [3.63, 3.8) is 0 Å². The quantitative estimate of drug-likeness (QED) is 0.583. The molecule has 0 aromatic carbocycles. The van der Waals surface area contributed by atoms with Crippen LogP contribution in [0.5, 0.6) is 0 Å². The summed E-state index contributed by atoms with van der Waals surface area (Å²) >= 11 is 0. The fourth-order valence-corrected chi connectivity index (χ4v) is 2.22. The van der Waals surface area contributed by atoms with E-state index in [0.717, 1.165) is 12.8 Å². The van der Waals surface area contributed by atoms with Gasteiger partial charge in [0.15, 0.2) is 0 Å². The minimum atomic E-state index is -0.183. The number of allylic oxidation sites excluding steroid dienone is 2. The zero-order valence-corrected chi connectivity index (χ0v) is 10.1. The standard InChI is InChI=1S/C13H22O/c1-9-6-7-11(10(2)8-9)12(14)13(3,4)5/h8,10-11H,6-7H2,1-5H3/t10-,11?/m1/s1. The maximum absolute atomic E-state index is 12.1. The summed E-state index contributed by atoms with van der Waals surface area (Å²) in [5, 5.41) is 0. The third-order valence-corrected chi connectivity index (χ3v) is 3.11. The zero-order valence-electron chi connectivity index (χ0n) is 10.1. The molecule has 1 unspecified atom stereocenters. The van der Waals surface area contributed by atoms with Gasteiger partial charge < -0.3 is 0 Å². The molecule has 0 fully saturated rings. The van der Waals surface area contributed by atoms with E-state index in [1.165, 1.54) is 5.57 Å². The molecule has 0 N–H and O–H groups in total. The van der Waals surface area contributed by atoms with Crippen molar-refractivity contribution in [3.8, 4) is 0 Å². The molecule has 0 radical (unpaired) electrons. The van der Waals surface area contributed by atoms with Crippen LogP contribution in [0.1, 0.15) is 47.5 Å². The Hall–Kier alpha value is -0.590. The van der Waals surface area contributed by atoms with Crippen LogP contribution in [0.4, 0.5) is 0 Å². The first kappa shape index (κ1) is 11.5. The maximum atomic E-state index is 12.1. The van der Waals surface area contributed by atoms with Crippen LogP contribution in [-0.2, 0) is 4.79 Å². The Morgan fingerprint density at radius 1 is 1.43 bits per heavy atom. The van der Waals surface area contributed by atoms with Crippen molar-refractivity contribution in [1.82, 2.24) is 0 Å². The second-order valence-electron chi connectivity index (χ2n) is 5.63. The molecule has 0 aromatic rings. The molecular weight excluding hydrogens is 172 g/mol. The molecule has 0 aromatic heterocycles. The molecule has 1 heteroatoms. The van der Waals surface area contributed by atoms with E-state index in [2.05, 4.69) is 19.9 Å². The molecule has 0 aliphatic heterocycles. The van der Waals surface area contributed by atoms with E-state index >= 15 is 0 Å². The molecule has 1 aliphatic carbocycles. The number of rotatable bonds is 1. The summed E-state index contributed by atoms with van der Waals surface area (Å²) in [6, 6.07) is 0. The minimum absolute atomic E-state index is 0.183. The summed E-state index contributed by atoms with van der Waals surface area (Å²) in [6.07, 6.45) is 4.40. The molecular formula is C13H22O. The molecule has 0 amide bonds. The van der Waals surface area contributed by atoms with Crippen molar-refractivity contribution < 1.29 is 4.79 Å². The van der Waals surface area contributed by atoms with Gasteiger partial charge in [0.1, 0.15) is 5.78 Å². The van der Waals surface area contributed by atoms with Gasteiger partial charge in [0.05, 0.1) is 0 Å². The smallest absolute Gasteiger partial charge is 0.141 e. The van der Waals surface area contributed by atoms with Crippen molar-refractivity contribution >= 4 is 5.78 Å². The molecule has 1 rings (SSSR count). The molecule has 0 heterocycles. The van der Waals surface area contributed by atoms with Gasteiger partial charge in [-0.2, -0.15) is 0 Å². The summed E-state index contributed by atoms with van der Waals surface area (Å²) in [6.45, 7) is 10.4. The van der Waals surface area contributed by atoms with E-state index in [1.807, 2.05) is 20.8 Å². The topological polar surface area (TPSA) is 17.1 Å². The number of carbonyl (C=O) groups excluding carboxylic acids is 1. The van der Waals surface area contributed by atoms with Gasteiger partial charge in [0, 0.05) is 11.3 Å². The van der Waals surface area contributed by atoms with E-state index in [1.54, 1.807) is 0 Å². The lowest BCUT2D eigenvalue weighted by Gasteiger charge is -2.31. The average Bonchev–Trinajstić information content (AvgIpc) is 2.01. The summed E-state index contributed by atoms with van der Waals surface area (Å²) in [5.41, 5.74) is 1.26. The van der Waals surface area contributed by atoms with E-state index in [4.69, 9.17) is 0 Å². The highest BCUT2D eigenvalue weighted by molar-refractivity contribution is 5.86. The van der Waals surface area contributed by atoms with Gasteiger partial charge in [-0.15, -0.1) is 0 Å². The normalized spacial score (nSPS) is 28.5. The molecule has 1 aliphatic rings. The lowest BCUT2D eigenvalue weighted by atomic mass is 9.72. The molecule has 0 saturated carbocycles. The number of carbonyl (C=O) groups is 1. The summed E-state index contributed by atoms with van der Waals surface area (Å²) in [4.78, 5) is 12.1. The van der Waals surface area contributed by atoms with Gasteiger partial charge >= 0.3 is 0 Å². The van der Waals surface area contributed by atoms with Crippen molar-refractivity contribution in [1.29, 1.82) is 0 Å².